The van der Waals surface area contributed by atoms with Crippen LogP contribution in [0.15, 0.2) is 114 Å². The topological polar surface area (TPSA) is 118 Å². The van der Waals surface area contributed by atoms with E-state index in [-0.39, 0.29) is 23.0 Å². The molecule has 0 unspecified atom stereocenters. The normalized spacial score (nSPS) is 18.3. The lowest BCUT2D eigenvalue weighted by molar-refractivity contribution is -0.437. The average molecular weight is 702 g/mol. The molecular formula is C39H46N2O6PS+. The van der Waals surface area contributed by atoms with Crippen LogP contribution >= 0.6 is 7.60 Å². The summed E-state index contributed by atoms with van der Waals surface area (Å²) >= 11 is 0. The van der Waals surface area contributed by atoms with Gasteiger partial charge in [0, 0.05) is 47.5 Å². The molecule has 0 saturated heterocycles. The van der Waals surface area contributed by atoms with E-state index in [1.54, 1.807) is 12.1 Å². The highest BCUT2D eigenvalue weighted by atomic mass is 32.2. The van der Waals surface area contributed by atoms with Crippen LogP contribution in [0.3, 0.4) is 0 Å². The second-order valence-corrected chi connectivity index (χ2v) is 17.0. The highest BCUT2D eigenvalue weighted by Crippen LogP contribution is 2.49. The molecule has 0 bridgehead atoms. The SMILES string of the molecule is CCC[N+]1=C(/C=C/C=C(/C=C/C=C2/N(CCP(=O)(O)O)c3ccc(C)cc3C2(C)C)c2ccccc2)C(C)(C)c2cc(S(=O)(=O)O)ccc21. The molecule has 2 aliphatic rings. The van der Waals surface area contributed by atoms with Crippen molar-refractivity contribution in [2.75, 3.05) is 24.2 Å². The van der Waals surface area contributed by atoms with Gasteiger partial charge < -0.3 is 14.7 Å². The third-order valence-corrected chi connectivity index (χ3v) is 11.1. The number of rotatable bonds is 11. The Hall–Kier alpha value is -3.85. The zero-order valence-electron chi connectivity index (χ0n) is 29.0. The number of hydrogen-bond donors (Lipinski definition) is 3. The Kier molecular flexibility index (Phi) is 10.3. The summed E-state index contributed by atoms with van der Waals surface area (Å²) in [7, 11) is -8.55. The number of hydrogen-bond acceptors (Lipinski definition) is 4. The van der Waals surface area contributed by atoms with E-state index < -0.39 is 23.1 Å². The summed E-state index contributed by atoms with van der Waals surface area (Å²) < 4.78 is 47.7. The molecule has 0 amide bonds. The minimum Gasteiger partial charge on any atom is -0.343 e. The first kappa shape index (κ1) is 36.4. The Morgan fingerprint density at radius 2 is 1.65 bits per heavy atom. The van der Waals surface area contributed by atoms with Crippen LogP contribution < -0.4 is 4.90 Å². The fourth-order valence-corrected chi connectivity index (χ4v) is 7.87. The van der Waals surface area contributed by atoms with Crippen molar-refractivity contribution in [1.29, 1.82) is 0 Å². The van der Waals surface area contributed by atoms with Gasteiger partial charge in [-0.1, -0.05) is 93.1 Å². The van der Waals surface area contributed by atoms with E-state index in [9.17, 15) is 27.3 Å². The Balaban J connectivity index is 1.53. The summed E-state index contributed by atoms with van der Waals surface area (Å²) in [6.45, 7) is 13.5. The standard InChI is InChI=1S/C39H45N2O6PS/c1-7-23-40-35-22-20-31(49(45,46)47)27-33(35)39(5,6)36(40)17-11-15-30(29-13-9-8-10-14-29)16-12-18-37-38(3,4)32-26-28(2)19-21-34(32)41(37)24-25-48(42,43)44/h8-22,26-27H,7,23-25H2,1-6H3,(H2-,42,43,44,45,46,47)/p+1. The van der Waals surface area contributed by atoms with Gasteiger partial charge in [0.1, 0.15) is 6.54 Å². The molecule has 0 aromatic heterocycles. The molecule has 49 heavy (non-hydrogen) atoms. The molecular weight excluding hydrogens is 655 g/mol. The van der Waals surface area contributed by atoms with Crippen LogP contribution in [-0.4, -0.2) is 52.3 Å². The molecule has 258 valence electrons. The largest absolute Gasteiger partial charge is 0.343 e. The van der Waals surface area contributed by atoms with Crippen LogP contribution in [0.1, 0.15) is 63.3 Å². The average Bonchev–Trinajstić information content (AvgIpc) is 3.37. The fourth-order valence-electron chi connectivity index (χ4n) is 6.90. The van der Waals surface area contributed by atoms with Gasteiger partial charge >= 0.3 is 7.60 Å². The molecule has 0 spiro atoms. The Labute approximate surface area is 290 Å². The van der Waals surface area contributed by atoms with Crippen LogP contribution in [0.4, 0.5) is 11.4 Å². The van der Waals surface area contributed by atoms with E-state index in [0.717, 1.165) is 63.6 Å². The molecule has 3 aromatic carbocycles. The van der Waals surface area contributed by atoms with Crippen LogP contribution in [0.5, 0.6) is 0 Å². The molecule has 2 heterocycles. The van der Waals surface area contributed by atoms with Crippen LogP contribution in [0.25, 0.3) is 5.57 Å². The van der Waals surface area contributed by atoms with Crippen molar-refractivity contribution in [3.63, 3.8) is 0 Å². The second kappa shape index (κ2) is 13.8. The minimum atomic E-state index is -4.34. The van der Waals surface area contributed by atoms with E-state index in [1.807, 2.05) is 84.7 Å². The van der Waals surface area contributed by atoms with Gasteiger partial charge in [-0.25, -0.2) is 0 Å². The number of aryl methyl sites for hydroxylation is 1. The summed E-state index contributed by atoms with van der Waals surface area (Å²) in [6, 6.07) is 21.0. The van der Waals surface area contributed by atoms with Crippen LogP contribution in [0.2, 0.25) is 0 Å². The smallest absolute Gasteiger partial charge is 0.327 e. The quantitative estimate of drug-likeness (QED) is 0.0801. The summed E-state index contributed by atoms with van der Waals surface area (Å²) in [5.74, 6) is 0. The van der Waals surface area contributed by atoms with Crippen molar-refractivity contribution in [2.45, 2.75) is 63.7 Å². The number of allylic oxidation sites excluding steroid dienone is 8. The first-order chi connectivity index (χ1) is 22.9. The van der Waals surface area contributed by atoms with Crippen molar-refractivity contribution in [3.05, 3.63) is 131 Å². The van der Waals surface area contributed by atoms with Gasteiger partial charge in [-0.05, 0) is 61.7 Å². The monoisotopic (exact) mass is 701 g/mol. The zero-order chi connectivity index (χ0) is 35.8. The summed E-state index contributed by atoms with van der Waals surface area (Å²) in [5, 5.41) is 0. The van der Waals surface area contributed by atoms with E-state index in [2.05, 4.69) is 51.3 Å². The minimum absolute atomic E-state index is 0.115. The lowest BCUT2D eigenvalue weighted by atomic mass is 9.81. The molecule has 0 fully saturated rings. The highest BCUT2D eigenvalue weighted by Gasteiger charge is 2.45. The predicted molar refractivity (Wildman–Crippen MR) is 199 cm³/mol. The number of benzene rings is 3. The molecule has 10 heteroatoms. The third-order valence-electron chi connectivity index (χ3n) is 9.44. The van der Waals surface area contributed by atoms with Gasteiger partial charge in [-0.15, -0.1) is 0 Å². The van der Waals surface area contributed by atoms with Crippen molar-refractivity contribution in [3.8, 4) is 0 Å². The molecule has 3 aromatic rings. The molecule has 0 atom stereocenters. The molecule has 2 aliphatic heterocycles. The number of fused-ring (bicyclic) bond motifs is 2. The summed E-state index contributed by atoms with van der Waals surface area (Å²) in [4.78, 5) is 21.3. The number of anilines is 1. The van der Waals surface area contributed by atoms with Gasteiger partial charge in [0.25, 0.3) is 10.1 Å². The zero-order valence-corrected chi connectivity index (χ0v) is 30.7. The first-order valence-corrected chi connectivity index (χ1v) is 19.7. The van der Waals surface area contributed by atoms with Gasteiger partial charge in [-0.2, -0.15) is 13.0 Å². The van der Waals surface area contributed by atoms with Gasteiger partial charge in [-0.3, -0.25) is 9.12 Å². The van der Waals surface area contributed by atoms with Crippen molar-refractivity contribution < 1.29 is 31.9 Å². The molecule has 0 aliphatic carbocycles. The Bertz CT molecular complexity index is 2070. The molecule has 5 rings (SSSR count). The molecule has 3 N–H and O–H groups in total. The molecule has 8 nitrogen and oxygen atoms in total. The predicted octanol–water partition coefficient (Wildman–Crippen LogP) is 8.08. The van der Waals surface area contributed by atoms with E-state index >= 15 is 0 Å². The Morgan fingerprint density at radius 1 is 0.939 bits per heavy atom. The maximum absolute atomic E-state index is 12.0. The maximum Gasteiger partial charge on any atom is 0.327 e. The van der Waals surface area contributed by atoms with Gasteiger partial charge in [0.15, 0.2) is 5.71 Å². The summed E-state index contributed by atoms with van der Waals surface area (Å²) in [5.41, 5.74) is 8.05. The summed E-state index contributed by atoms with van der Waals surface area (Å²) in [6.07, 6.45) is 12.9. The van der Waals surface area contributed by atoms with Crippen LogP contribution in [-0.2, 0) is 25.5 Å². The van der Waals surface area contributed by atoms with Crippen molar-refractivity contribution in [2.24, 2.45) is 0 Å². The third kappa shape index (κ3) is 7.67. The van der Waals surface area contributed by atoms with E-state index in [4.69, 9.17) is 0 Å². The highest BCUT2D eigenvalue weighted by molar-refractivity contribution is 7.85. The molecule has 0 radical (unpaired) electrons. The van der Waals surface area contributed by atoms with Crippen molar-refractivity contribution >= 4 is 40.4 Å². The molecule has 0 saturated carbocycles. The van der Waals surface area contributed by atoms with E-state index in [1.165, 1.54) is 6.07 Å². The number of nitrogens with zero attached hydrogens (tertiary/aromatic N) is 2. The van der Waals surface area contributed by atoms with Gasteiger partial charge in [0.05, 0.1) is 16.5 Å². The fraction of sp³-hybridized carbons (Fsp3) is 0.308. The second-order valence-electron chi connectivity index (χ2n) is 13.8. The van der Waals surface area contributed by atoms with Crippen LogP contribution in [0, 0.1) is 6.92 Å². The van der Waals surface area contributed by atoms with Crippen molar-refractivity contribution in [1.82, 2.24) is 0 Å². The lowest BCUT2D eigenvalue weighted by Crippen LogP contribution is -2.28. The Morgan fingerprint density at radius 3 is 2.31 bits per heavy atom. The maximum atomic E-state index is 12.0. The van der Waals surface area contributed by atoms with Gasteiger partial charge in [0.2, 0.25) is 5.69 Å². The van der Waals surface area contributed by atoms with E-state index in [0.29, 0.717) is 0 Å². The first-order valence-electron chi connectivity index (χ1n) is 16.5. The lowest BCUT2D eigenvalue weighted by Gasteiger charge is -2.27.